The standard InChI is InChI=1S/C7H5BrN2OS/c1-10-7(11)4-2-6(8)12-5(4)3-9-10/h2-3H,1H3. The molecule has 3 nitrogen and oxygen atoms in total. The van der Waals surface area contributed by atoms with Crippen molar-refractivity contribution in [3.05, 3.63) is 26.4 Å². The molecule has 2 heterocycles. The van der Waals surface area contributed by atoms with Crippen LogP contribution in [0, 0.1) is 0 Å². The normalized spacial score (nSPS) is 10.8. The van der Waals surface area contributed by atoms with Crippen LogP contribution in [0.3, 0.4) is 0 Å². The first-order valence-corrected chi connectivity index (χ1v) is 4.91. The van der Waals surface area contributed by atoms with Crippen molar-refractivity contribution >= 4 is 37.4 Å². The van der Waals surface area contributed by atoms with E-state index in [4.69, 9.17) is 0 Å². The molecule has 12 heavy (non-hydrogen) atoms. The molecule has 0 saturated heterocycles. The van der Waals surface area contributed by atoms with E-state index in [1.807, 2.05) is 6.07 Å². The van der Waals surface area contributed by atoms with E-state index in [0.29, 0.717) is 0 Å². The predicted molar refractivity (Wildman–Crippen MR) is 52.6 cm³/mol. The molecule has 62 valence electrons. The molecule has 0 amide bonds. The number of halogens is 1. The smallest absolute Gasteiger partial charge is 0.267 e. The lowest BCUT2D eigenvalue weighted by Gasteiger charge is -1.92. The van der Waals surface area contributed by atoms with Gasteiger partial charge in [0.25, 0.3) is 5.56 Å². The maximum absolute atomic E-state index is 11.4. The number of hydrogen-bond acceptors (Lipinski definition) is 3. The monoisotopic (exact) mass is 244 g/mol. The fourth-order valence-electron chi connectivity index (χ4n) is 1.00. The van der Waals surface area contributed by atoms with Crippen LogP contribution in [-0.2, 0) is 7.05 Å². The Balaban J connectivity index is 2.99. The van der Waals surface area contributed by atoms with Crippen molar-refractivity contribution < 1.29 is 0 Å². The van der Waals surface area contributed by atoms with Crippen LogP contribution in [0.25, 0.3) is 10.1 Å². The summed E-state index contributed by atoms with van der Waals surface area (Å²) in [5, 5.41) is 4.64. The van der Waals surface area contributed by atoms with Gasteiger partial charge >= 0.3 is 0 Å². The fraction of sp³-hybridized carbons (Fsp3) is 0.143. The zero-order valence-corrected chi connectivity index (χ0v) is 8.65. The highest BCUT2D eigenvalue weighted by molar-refractivity contribution is 9.11. The number of rotatable bonds is 0. The maximum Gasteiger partial charge on any atom is 0.275 e. The Morgan fingerprint density at radius 3 is 3.17 bits per heavy atom. The van der Waals surface area contributed by atoms with Gasteiger partial charge < -0.3 is 0 Å². The zero-order valence-electron chi connectivity index (χ0n) is 6.24. The van der Waals surface area contributed by atoms with Crippen LogP contribution in [0.1, 0.15) is 0 Å². The molecular formula is C7H5BrN2OS. The second kappa shape index (κ2) is 2.67. The molecule has 0 bridgehead atoms. The van der Waals surface area contributed by atoms with Crippen molar-refractivity contribution in [2.75, 3.05) is 0 Å². The van der Waals surface area contributed by atoms with Gasteiger partial charge in [0, 0.05) is 7.05 Å². The van der Waals surface area contributed by atoms with E-state index < -0.39 is 0 Å². The van der Waals surface area contributed by atoms with Gasteiger partial charge in [0.05, 0.1) is 20.1 Å². The van der Waals surface area contributed by atoms with Gasteiger partial charge in [0.15, 0.2) is 0 Å². The fourth-order valence-corrected chi connectivity index (χ4v) is 2.50. The molecule has 0 N–H and O–H groups in total. The lowest BCUT2D eigenvalue weighted by Crippen LogP contribution is -2.17. The number of hydrogen-bond donors (Lipinski definition) is 0. The van der Waals surface area contributed by atoms with Crippen LogP contribution in [-0.4, -0.2) is 9.78 Å². The van der Waals surface area contributed by atoms with E-state index in [1.54, 1.807) is 13.2 Å². The molecule has 0 aliphatic rings. The Kier molecular flexibility index (Phi) is 1.77. The average molecular weight is 245 g/mol. The molecule has 0 spiro atoms. The van der Waals surface area contributed by atoms with E-state index in [2.05, 4.69) is 21.0 Å². The highest BCUT2D eigenvalue weighted by atomic mass is 79.9. The lowest BCUT2D eigenvalue weighted by molar-refractivity contribution is 0.719. The first-order chi connectivity index (χ1) is 5.68. The van der Waals surface area contributed by atoms with Gasteiger partial charge in [0.2, 0.25) is 0 Å². The van der Waals surface area contributed by atoms with Crippen molar-refractivity contribution in [2.24, 2.45) is 7.05 Å². The average Bonchev–Trinajstić information content (AvgIpc) is 2.39. The first-order valence-electron chi connectivity index (χ1n) is 3.30. The summed E-state index contributed by atoms with van der Waals surface area (Å²) >= 11 is 4.84. The van der Waals surface area contributed by atoms with Crippen molar-refractivity contribution in [1.29, 1.82) is 0 Å². The van der Waals surface area contributed by atoms with Gasteiger partial charge in [-0.2, -0.15) is 5.10 Å². The van der Waals surface area contributed by atoms with Gasteiger partial charge in [-0.3, -0.25) is 4.79 Å². The predicted octanol–water partition coefficient (Wildman–Crippen LogP) is 1.76. The summed E-state index contributed by atoms with van der Waals surface area (Å²) in [5.74, 6) is 0. The van der Waals surface area contributed by atoms with Gasteiger partial charge in [0.1, 0.15) is 0 Å². The van der Waals surface area contributed by atoms with E-state index in [-0.39, 0.29) is 5.56 Å². The number of fused-ring (bicyclic) bond motifs is 1. The van der Waals surface area contributed by atoms with Crippen LogP contribution in [0.5, 0.6) is 0 Å². The highest BCUT2D eigenvalue weighted by Gasteiger charge is 2.04. The Hall–Kier alpha value is -0.680. The number of aromatic nitrogens is 2. The van der Waals surface area contributed by atoms with Gasteiger partial charge in [-0.05, 0) is 22.0 Å². The zero-order chi connectivity index (χ0) is 8.72. The molecule has 0 radical (unpaired) electrons. The topological polar surface area (TPSA) is 34.9 Å². The van der Waals surface area contributed by atoms with Crippen LogP contribution in [0.4, 0.5) is 0 Å². The summed E-state index contributed by atoms with van der Waals surface area (Å²) in [6.45, 7) is 0. The highest BCUT2D eigenvalue weighted by Crippen LogP contribution is 2.26. The molecule has 2 aromatic rings. The Morgan fingerprint density at radius 1 is 1.67 bits per heavy atom. The summed E-state index contributed by atoms with van der Waals surface area (Å²) in [7, 11) is 1.65. The Morgan fingerprint density at radius 2 is 2.42 bits per heavy atom. The number of thiophene rings is 1. The molecule has 0 aliphatic carbocycles. The van der Waals surface area contributed by atoms with Crippen molar-refractivity contribution in [2.45, 2.75) is 0 Å². The molecule has 0 aromatic carbocycles. The molecule has 0 unspecified atom stereocenters. The van der Waals surface area contributed by atoms with E-state index >= 15 is 0 Å². The van der Waals surface area contributed by atoms with Crippen LogP contribution >= 0.6 is 27.3 Å². The second-order valence-corrected chi connectivity index (χ2v) is 4.86. The number of aryl methyl sites for hydroxylation is 1. The molecule has 0 saturated carbocycles. The summed E-state index contributed by atoms with van der Waals surface area (Å²) in [5.41, 5.74) is -0.0468. The first kappa shape index (κ1) is 7.94. The molecule has 2 aromatic heterocycles. The summed E-state index contributed by atoms with van der Waals surface area (Å²) in [4.78, 5) is 11.4. The molecule has 5 heteroatoms. The minimum absolute atomic E-state index is 0.0468. The van der Waals surface area contributed by atoms with Crippen LogP contribution in [0.2, 0.25) is 0 Å². The van der Waals surface area contributed by atoms with Crippen molar-refractivity contribution in [3.63, 3.8) is 0 Å². The maximum atomic E-state index is 11.4. The van der Waals surface area contributed by atoms with E-state index in [0.717, 1.165) is 13.9 Å². The molecular weight excluding hydrogens is 240 g/mol. The molecule has 2 rings (SSSR count). The largest absolute Gasteiger partial charge is 0.275 e. The summed E-state index contributed by atoms with van der Waals surface area (Å²) < 4.78 is 3.22. The Bertz CT molecular complexity index is 488. The van der Waals surface area contributed by atoms with Crippen molar-refractivity contribution in [3.8, 4) is 0 Å². The Labute approximate surface area is 80.8 Å². The molecule has 0 atom stereocenters. The minimum Gasteiger partial charge on any atom is -0.267 e. The third-order valence-corrected chi connectivity index (χ3v) is 3.18. The summed E-state index contributed by atoms with van der Waals surface area (Å²) in [6.07, 6.45) is 1.70. The van der Waals surface area contributed by atoms with Crippen molar-refractivity contribution in [1.82, 2.24) is 9.78 Å². The van der Waals surface area contributed by atoms with E-state index in [9.17, 15) is 4.79 Å². The third kappa shape index (κ3) is 1.09. The second-order valence-electron chi connectivity index (χ2n) is 2.40. The SMILES string of the molecule is Cn1ncc2sc(Br)cc2c1=O. The van der Waals surface area contributed by atoms with Gasteiger partial charge in [-0.1, -0.05) is 0 Å². The van der Waals surface area contributed by atoms with Gasteiger partial charge in [-0.15, -0.1) is 11.3 Å². The summed E-state index contributed by atoms with van der Waals surface area (Å²) in [6, 6.07) is 1.82. The quantitative estimate of drug-likeness (QED) is 0.708. The molecule has 0 aliphatic heterocycles. The van der Waals surface area contributed by atoms with E-state index in [1.165, 1.54) is 16.0 Å². The van der Waals surface area contributed by atoms with Crippen LogP contribution in [0.15, 0.2) is 20.8 Å². The number of nitrogens with zero attached hydrogens (tertiary/aromatic N) is 2. The third-order valence-electron chi connectivity index (χ3n) is 1.60. The minimum atomic E-state index is -0.0468. The molecule has 0 fully saturated rings. The lowest BCUT2D eigenvalue weighted by atomic mass is 10.4. The van der Waals surface area contributed by atoms with Crippen LogP contribution < -0.4 is 5.56 Å². The van der Waals surface area contributed by atoms with Gasteiger partial charge in [-0.25, -0.2) is 4.68 Å².